The number of nitrogens with one attached hydrogen (secondary N) is 1. The quantitative estimate of drug-likeness (QED) is 0.834. The van der Waals surface area contributed by atoms with Gasteiger partial charge in [0, 0.05) is 13.6 Å². The Kier molecular flexibility index (Phi) is 5.92. The number of rotatable bonds is 6. The molecule has 0 aliphatic rings. The second-order valence-electron chi connectivity index (χ2n) is 5.61. The van der Waals surface area contributed by atoms with E-state index < -0.39 is 0 Å². The van der Waals surface area contributed by atoms with E-state index in [9.17, 15) is 9.59 Å². The predicted octanol–water partition coefficient (Wildman–Crippen LogP) is 2.91. The Morgan fingerprint density at radius 3 is 2.17 bits per heavy atom. The number of benzene rings is 2. The molecule has 0 fully saturated rings. The number of hydrogen-bond acceptors (Lipinski definition) is 2. The minimum absolute atomic E-state index is 0.115. The van der Waals surface area contributed by atoms with Gasteiger partial charge in [0.1, 0.15) is 6.42 Å². The third-order valence-electron chi connectivity index (χ3n) is 3.68. The Balaban J connectivity index is 1.83. The maximum Gasteiger partial charge on any atom is 0.232 e. The first-order valence-corrected chi connectivity index (χ1v) is 7.68. The van der Waals surface area contributed by atoms with Gasteiger partial charge in [0.25, 0.3) is 0 Å². The van der Waals surface area contributed by atoms with Crippen LogP contribution in [0.5, 0.6) is 0 Å². The molecule has 2 aromatic carbocycles. The van der Waals surface area contributed by atoms with E-state index in [2.05, 4.69) is 5.32 Å². The first-order valence-electron chi connectivity index (χ1n) is 7.68. The molecule has 0 bridgehead atoms. The molecule has 1 atom stereocenters. The molecule has 0 radical (unpaired) electrons. The van der Waals surface area contributed by atoms with E-state index in [0.717, 1.165) is 11.1 Å². The molecule has 0 saturated heterocycles. The third-order valence-corrected chi connectivity index (χ3v) is 3.68. The highest BCUT2D eigenvalue weighted by Gasteiger charge is 2.16. The van der Waals surface area contributed by atoms with Gasteiger partial charge in [-0.1, -0.05) is 60.7 Å². The lowest BCUT2D eigenvalue weighted by Gasteiger charge is -2.18. The topological polar surface area (TPSA) is 49.4 Å². The molecule has 120 valence electrons. The van der Waals surface area contributed by atoms with Crippen molar-refractivity contribution in [1.29, 1.82) is 0 Å². The number of amides is 2. The summed E-state index contributed by atoms with van der Waals surface area (Å²) in [7, 11) is 1.71. The van der Waals surface area contributed by atoms with Crippen molar-refractivity contribution < 1.29 is 9.59 Å². The molecule has 1 unspecified atom stereocenters. The van der Waals surface area contributed by atoms with E-state index in [1.54, 1.807) is 11.9 Å². The van der Waals surface area contributed by atoms with Crippen LogP contribution in [-0.4, -0.2) is 23.8 Å². The second kappa shape index (κ2) is 8.13. The van der Waals surface area contributed by atoms with Crippen molar-refractivity contribution in [1.82, 2.24) is 10.2 Å². The summed E-state index contributed by atoms with van der Waals surface area (Å²) in [6, 6.07) is 19.3. The van der Waals surface area contributed by atoms with Crippen molar-refractivity contribution >= 4 is 11.8 Å². The van der Waals surface area contributed by atoms with Crippen molar-refractivity contribution in [2.24, 2.45) is 0 Å². The van der Waals surface area contributed by atoms with Crippen molar-refractivity contribution in [3.63, 3.8) is 0 Å². The largest absolute Gasteiger partial charge is 0.349 e. The van der Waals surface area contributed by atoms with Crippen LogP contribution in [0.2, 0.25) is 0 Å². The molecule has 0 aromatic heterocycles. The monoisotopic (exact) mass is 310 g/mol. The molecule has 2 aromatic rings. The lowest BCUT2D eigenvalue weighted by Crippen LogP contribution is -2.34. The maximum absolute atomic E-state index is 12.1. The summed E-state index contributed by atoms with van der Waals surface area (Å²) in [5.74, 6) is -0.446. The van der Waals surface area contributed by atoms with Gasteiger partial charge in [0.05, 0.1) is 6.04 Å². The van der Waals surface area contributed by atoms with E-state index in [4.69, 9.17) is 0 Å². The molecular formula is C19H22N2O2. The van der Waals surface area contributed by atoms with Gasteiger partial charge in [-0.15, -0.1) is 0 Å². The van der Waals surface area contributed by atoms with Crippen LogP contribution in [0.4, 0.5) is 0 Å². The van der Waals surface area contributed by atoms with Crippen molar-refractivity contribution in [2.45, 2.75) is 25.9 Å². The van der Waals surface area contributed by atoms with E-state index in [-0.39, 0.29) is 24.3 Å². The third kappa shape index (κ3) is 5.25. The molecule has 4 heteroatoms. The van der Waals surface area contributed by atoms with Crippen molar-refractivity contribution in [3.8, 4) is 0 Å². The van der Waals surface area contributed by atoms with E-state index in [1.165, 1.54) is 0 Å². The van der Waals surface area contributed by atoms with Crippen molar-refractivity contribution in [3.05, 3.63) is 71.8 Å². The van der Waals surface area contributed by atoms with Gasteiger partial charge in [-0.2, -0.15) is 0 Å². The fourth-order valence-electron chi connectivity index (χ4n) is 2.34. The standard InChI is InChI=1S/C19H22N2O2/c1-15(17-11-7-4-8-12-17)20-18(22)13-19(23)21(2)14-16-9-5-3-6-10-16/h3-12,15H,13-14H2,1-2H3,(H,20,22). The molecule has 1 N–H and O–H groups in total. The summed E-state index contributed by atoms with van der Waals surface area (Å²) < 4.78 is 0. The summed E-state index contributed by atoms with van der Waals surface area (Å²) in [6.07, 6.45) is -0.138. The number of carbonyl (C=O) groups excluding carboxylic acids is 2. The molecule has 0 saturated carbocycles. The summed E-state index contributed by atoms with van der Waals surface area (Å²) in [5, 5.41) is 2.86. The highest BCUT2D eigenvalue weighted by molar-refractivity contribution is 5.96. The van der Waals surface area contributed by atoms with Gasteiger partial charge in [0.15, 0.2) is 0 Å². The normalized spacial score (nSPS) is 11.6. The van der Waals surface area contributed by atoms with E-state index in [1.807, 2.05) is 67.6 Å². The lowest BCUT2D eigenvalue weighted by molar-refractivity contribution is -0.135. The Morgan fingerprint density at radius 2 is 1.57 bits per heavy atom. The zero-order chi connectivity index (χ0) is 16.7. The molecular weight excluding hydrogens is 288 g/mol. The Morgan fingerprint density at radius 1 is 1.00 bits per heavy atom. The van der Waals surface area contributed by atoms with Gasteiger partial charge in [-0.05, 0) is 18.1 Å². The van der Waals surface area contributed by atoms with Crippen LogP contribution in [-0.2, 0) is 16.1 Å². The molecule has 0 spiro atoms. The summed E-state index contributed by atoms with van der Waals surface area (Å²) in [4.78, 5) is 25.7. The fourth-order valence-corrected chi connectivity index (χ4v) is 2.34. The molecule has 23 heavy (non-hydrogen) atoms. The molecule has 2 rings (SSSR count). The summed E-state index contributed by atoms with van der Waals surface area (Å²) in [5.41, 5.74) is 2.06. The van der Waals surface area contributed by atoms with Gasteiger partial charge in [-0.25, -0.2) is 0 Å². The van der Waals surface area contributed by atoms with Crippen LogP contribution in [0.1, 0.15) is 30.5 Å². The number of nitrogens with zero attached hydrogens (tertiary/aromatic N) is 1. The minimum atomic E-state index is -0.258. The van der Waals surface area contributed by atoms with Gasteiger partial charge < -0.3 is 10.2 Å². The Hall–Kier alpha value is -2.62. The molecule has 4 nitrogen and oxygen atoms in total. The zero-order valence-electron chi connectivity index (χ0n) is 13.5. The van der Waals surface area contributed by atoms with Crippen LogP contribution in [0.3, 0.4) is 0 Å². The summed E-state index contributed by atoms with van der Waals surface area (Å²) >= 11 is 0. The van der Waals surface area contributed by atoms with Crippen molar-refractivity contribution in [2.75, 3.05) is 7.05 Å². The van der Waals surface area contributed by atoms with Gasteiger partial charge in [-0.3, -0.25) is 9.59 Å². The van der Waals surface area contributed by atoms with Crippen LogP contribution in [0, 0.1) is 0 Å². The lowest BCUT2D eigenvalue weighted by atomic mass is 10.1. The Labute approximate surface area is 137 Å². The maximum atomic E-state index is 12.1. The first kappa shape index (κ1) is 16.7. The van der Waals surface area contributed by atoms with Crippen LogP contribution in [0.15, 0.2) is 60.7 Å². The molecule has 0 aliphatic carbocycles. The fraction of sp³-hybridized carbons (Fsp3) is 0.263. The smallest absolute Gasteiger partial charge is 0.232 e. The molecule has 2 amide bonds. The number of carbonyl (C=O) groups is 2. The Bertz CT molecular complexity index is 641. The van der Waals surface area contributed by atoms with Crippen LogP contribution >= 0.6 is 0 Å². The average Bonchev–Trinajstić information content (AvgIpc) is 2.56. The molecule has 0 aliphatic heterocycles. The number of hydrogen-bond donors (Lipinski definition) is 1. The highest BCUT2D eigenvalue weighted by Crippen LogP contribution is 2.11. The highest BCUT2D eigenvalue weighted by atomic mass is 16.2. The van der Waals surface area contributed by atoms with E-state index in [0.29, 0.717) is 6.54 Å². The SMILES string of the molecule is CC(NC(=O)CC(=O)N(C)Cc1ccccc1)c1ccccc1. The predicted molar refractivity (Wildman–Crippen MR) is 90.5 cm³/mol. The molecule has 0 heterocycles. The van der Waals surface area contributed by atoms with Gasteiger partial charge >= 0.3 is 0 Å². The minimum Gasteiger partial charge on any atom is -0.349 e. The van der Waals surface area contributed by atoms with Crippen LogP contribution < -0.4 is 5.32 Å². The van der Waals surface area contributed by atoms with Gasteiger partial charge in [0.2, 0.25) is 11.8 Å². The van der Waals surface area contributed by atoms with E-state index >= 15 is 0 Å². The second-order valence-corrected chi connectivity index (χ2v) is 5.61. The first-order chi connectivity index (χ1) is 11.1. The zero-order valence-corrected chi connectivity index (χ0v) is 13.5. The summed E-state index contributed by atoms with van der Waals surface area (Å²) in [6.45, 7) is 2.41. The van der Waals surface area contributed by atoms with Crippen LogP contribution in [0.25, 0.3) is 0 Å². The average molecular weight is 310 g/mol.